The monoisotopic (exact) mass is 226 g/mol. The predicted octanol–water partition coefficient (Wildman–Crippen LogP) is 4.09. The Morgan fingerprint density at radius 1 is 0.765 bits per heavy atom. The molecule has 2 rings (SSSR count). The van der Waals surface area contributed by atoms with E-state index in [0.717, 1.165) is 17.1 Å². The fraction of sp³-hybridized carbons (Fsp3) is 0.200. The van der Waals surface area contributed by atoms with Gasteiger partial charge in [-0.1, -0.05) is 12.1 Å². The maximum atomic E-state index is 3.41. The van der Waals surface area contributed by atoms with Gasteiger partial charge in [0, 0.05) is 24.1 Å². The Morgan fingerprint density at radius 2 is 1.47 bits per heavy atom. The summed E-state index contributed by atoms with van der Waals surface area (Å²) in [7, 11) is 1.93. The molecule has 0 unspecified atom stereocenters. The highest BCUT2D eigenvalue weighted by atomic mass is 14.9. The van der Waals surface area contributed by atoms with Gasteiger partial charge in [-0.05, 0) is 55.3 Å². The van der Waals surface area contributed by atoms with Crippen LogP contribution in [0.4, 0.5) is 17.1 Å². The van der Waals surface area contributed by atoms with E-state index in [1.54, 1.807) is 0 Å². The zero-order valence-corrected chi connectivity index (χ0v) is 10.5. The molecule has 2 aromatic rings. The predicted molar refractivity (Wildman–Crippen MR) is 75.2 cm³/mol. The van der Waals surface area contributed by atoms with Crippen LogP contribution in [-0.4, -0.2) is 7.05 Å². The first-order chi connectivity index (χ1) is 8.19. The van der Waals surface area contributed by atoms with Gasteiger partial charge < -0.3 is 10.6 Å². The lowest BCUT2D eigenvalue weighted by atomic mass is 10.1. The first kappa shape index (κ1) is 11.5. The van der Waals surface area contributed by atoms with E-state index in [1.165, 1.54) is 11.1 Å². The van der Waals surface area contributed by atoms with Crippen molar-refractivity contribution in [2.45, 2.75) is 13.8 Å². The van der Waals surface area contributed by atoms with Crippen molar-refractivity contribution in [2.24, 2.45) is 0 Å². The fourth-order valence-corrected chi connectivity index (χ4v) is 1.74. The topological polar surface area (TPSA) is 24.1 Å². The molecule has 0 aliphatic rings. The summed E-state index contributed by atoms with van der Waals surface area (Å²) in [5.74, 6) is 0. The summed E-state index contributed by atoms with van der Waals surface area (Å²) in [6.07, 6.45) is 0. The Kier molecular flexibility index (Phi) is 3.33. The number of benzene rings is 2. The zero-order chi connectivity index (χ0) is 12.3. The average Bonchev–Trinajstić information content (AvgIpc) is 2.34. The lowest BCUT2D eigenvalue weighted by Gasteiger charge is -2.10. The van der Waals surface area contributed by atoms with Gasteiger partial charge >= 0.3 is 0 Å². The first-order valence-electron chi connectivity index (χ1n) is 5.81. The van der Waals surface area contributed by atoms with E-state index in [1.807, 2.05) is 19.2 Å². The molecule has 0 bridgehead atoms. The molecular formula is C15H18N2. The molecule has 0 atom stereocenters. The second-order valence-corrected chi connectivity index (χ2v) is 4.25. The van der Waals surface area contributed by atoms with Crippen LogP contribution in [0.1, 0.15) is 11.1 Å². The molecule has 0 fully saturated rings. The molecule has 0 heterocycles. The Hall–Kier alpha value is -1.96. The molecule has 2 aromatic carbocycles. The molecule has 0 radical (unpaired) electrons. The van der Waals surface area contributed by atoms with Crippen molar-refractivity contribution >= 4 is 17.1 Å². The Bertz CT molecular complexity index is 518. The van der Waals surface area contributed by atoms with Gasteiger partial charge in [0.1, 0.15) is 0 Å². The third-order valence-corrected chi connectivity index (χ3v) is 2.95. The van der Waals surface area contributed by atoms with E-state index in [2.05, 4.69) is 54.8 Å². The second-order valence-electron chi connectivity index (χ2n) is 4.25. The molecule has 0 aromatic heterocycles. The van der Waals surface area contributed by atoms with E-state index in [0.29, 0.717) is 0 Å². The molecule has 2 N–H and O–H groups in total. The molecule has 2 nitrogen and oxygen atoms in total. The molecule has 0 amide bonds. The van der Waals surface area contributed by atoms with Gasteiger partial charge in [-0.3, -0.25) is 0 Å². The van der Waals surface area contributed by atoms with Crippen molar-refractivity contribution in [3.63, 3.8) is 0 Å². The van der Waals surface area contributed by atoms with Gasteiger partial charge in [0.2, 0.25) is 0 Å². The molecule has 0 spiro atoms. The van der Waals surface area contributed by atoms with Crippen molar-refractivity contribution in [3.8, 4) is 0 Å². The lowest BCUT2D eigenvalue weighted by Crippen LogP contribution is -1.93. The maximum Gasteiger partial charge on any atom is 0.0404 e. The highest BCUT2D eigenvalue weighted by Gasteiger charge is 1.98. The Balaban J connectivity index is 2.22. The maximum absolute atomic E-state index is 3.41. The van der Waals surface area contributed by atoms with Crippen LogP contribution in [0, 0.1) is 13.8 Å². The number of rotatable bonds is 3. The summed E-state index contributed by atoms with van der Waals surface area (Å²) in [5, 5.41) is 6.54. The highest BCUT2D eigenvalue weighted by Crippen LogP contribution is 2.21. The second kappa shape index (κ2) is 4.91. The van der Waals surface area contributed by atoms with Crippen LogP contribution in [0.15, 0.2) is 42.5 Å². The van der Waals surface area contributed by atoms with Crippen LogP contribution in [0.3, 0.4) is 0 Å². The molecule has 0 aliphatic carbocycles. The third-order valence-electron chi connectivity index (χ3n) is 2.95. The van der Waals surface area contributed by atoms with Gasteiger partial charge in [0.25, 0.3) is 0 Å². The highest BCUT2D eigenvalue weighted by molar-refractivity contribution is 5.65. The third kappa shape index (κ3) is 2.78. The molecule has 88 valence electrons. The van der Waals surface area contributed by atoms with Gasteiger partial charge in [-0.25, -0.2) is 0 Å². The minimum Gasteiger partial charge on any atom is -0.388 e. The van der Waals surface area contributed by atoms with Crippen molar-refractivity contribution in [1.82, 2.24) is 0 Å². The van der Waals surface area contributed by atoms with Crippen molar-refractivity contribution in [1.29, 1.82) is 0 Å². The Morgan fingerprint density at radius 3 is 2.18 bits per heavy atom. The molecule has 17 heavy (non-hydrogen) atoms. The van der Waals surface area contributed by atoms with Crippen molar-refractivity contribution in [2.75, 3.05) is 17.7 Å². The number of aryl methyl sites for hydroxylation is 2. The summed E-state index contributed by atoms with van der Waals surface area (Å²) in [6, 6.07) is 14.7. The van der Waals surface area contributed by atoms with Gasteiger partial charge in [0.05, 0.1) is 0 Å². The Labute approximate surface area is 103 Å². The minimum absolute atomic E-state index is 1.10. The minimum atomic E-state index is 1.10. The first-order valence-corrected chi connectivity index (χ1v) is 5.81. The molecule has 0 aliphatic heterocycles. The summed E-state index contributed by atoms with van der Waals surface area (Å²) < 4.78 is 0. The summed E-state index contributed by atoms with van der Waals surface area (Å²) in [5.41, 5.74) is 5.96. The quantitative estimate of drug-likeness (QED) is 0.823. The van der Waals surface area contributed by atoms with Crippen molar-refractivity contribution in [3.05, 3.63) is 53.6 Å². The summed E-state index contributed by atoms with van der Waals surface area (Å²) >= 11 is 0. The van der Waals surface area contributed by atoms with Crippen LogP contribution in [0.2, 0.25) is 0 Å². The number of hydrogen-bond acceptors (Lipinski definition) is 2. The van der Waals surface area contributed by atoms with Gasteiger partial charge in [-0.2, -0.15) is 0 Å². The van der Waals surface area contributed by atoms with Crippen molar-refractivity contribution < 1.29 is 0 Å². The largest absolute Gasteiger partial charge is 0.388 e. The zero-order valence-electron chi connectivity index (χ0n) is 10.5. The normalized spacial score (nSPS) is 10.1. The van der Waals surface area contributed by atoms with Crippen LogP contribution in [-0.2, 0) is 0 Å². The molecule has 2 heteroatoms. The van der Waals surface area contributed by atoms with E-state index in [-0.39, 0.29) is 0 Å². The average molecular weight is 226 g/mol. The lowest BCUT2D eigenvalue weighted by molar-refractivity contribution is 1.34. The molecule has 0 saturated carbocycles. The van der Waals surface area contributed by atoms with Crippen LogP contribution < -0.4 is 10.6 Å². The smallest absolute Gasteiger partial charge is 0.0404 e. The molecule has 0 saturated heterocycles. The van der Waals surface area contributed by atoms with Gasteiger partial charge in [0.15, 0.2) is 0 Å². The fourth-order valence-electron chi connectivity index (χ4n) is 1.74. The van der Waals surface area contributed by atoms with Gasteiger partial charge in [-0.15, -0.1) is 0 Å². The van der Waals surface area contributed by atoms with E-state index in [4.69, 9.17) is 0 Å². The van der Waals surface area contributed by atoms with Crippen LogP contribution in [0.25, 0.3) is 0 Å². The number of nitrogens with one attached hydrogen (secondary N) is 2. The SMILES string of the molecule is CNc1cccc(Nc2ccc(C)c(C)c2)c1. The summed E-state index contributed by atoms with van der Waals surface area (Å²) in [6.45, 7) is 4.26. The van der Waals surface area contributed by atoms with Crippen LogP contribution >= 0.6 is 0 Å². The standard InChI is InChI=1S/C15H18N2/c1-11-7-8-15(9-12(11)2)17-14-6-4-5-13(10-14)16-3/h4-10,16-17H,1-3H3. The summed E-state index contributed by atoms with van der Waals surface area (Å²) in [4.78, 5) is 0. The van der Waals surface area contributed by atoms with E-state index in [9.17, 15) is 0 Å². The number of hydrogen-bond donors (Lipinski definition) is 2. The van der Waals surface area contributed by atoms with Crippen LogP contribution in [0.5, 0.6) is 0 Å². The van der Waals surface area contributed by atoms with E-state index >= 15 is 0 Å². The van der Waals surface area contributed by atoms with E-state index < -0.39 is 0 Å². The number of anilines is 3. The molecular weight excluding hydrogens is 208 g/mol.